The number of rotatable bonds is 10. The fourth-order valence-corrected chi connectivity index (χ4v) is 4.41. The van der Waals surface area contributed by atoms with Gasteiger partial charge in [0, 0.05) is 46.8 Å². The fourth-order valence-electron chi connectivity index (χ4n) is 3.19. The maximum absolute atomic E-state index is 12.7. The molecule has 2 aliphatic rings. The fraction of sp³-hybridized carbons (Fsp3) is 0.375. The molecule has 0 aromatic heterocycles. The molecule has 0 radical (unpaired) electrons. The van der Waals surface area contributed by atoms with Crippen LogP contribution in [0.1, 0.15) is 25.3 Å². The molecule has 0 saturated carbocycles. The summed E-state index contributed by atoms with van der Waals surface area (Å²) >= 11 is 1.40. The zero-order chi connectivity index (χ0) is 23.1. The molecule has 8 heteroatoms. The molecule has 1 N–H and O–H groups in total. The Bertz CT molecular complexity index is 976. The lowest BCUT2D eigenvalue weighted by molar-refractivity contribution is -0.142. The average Bonchev–Trinajstić information content (AvgIpc) is 2.78. The van der Waals surface area contributed by atoms with Crippen LogP contribution < -0.4 is 0 Å². The van der Waals surface area contributed by atoms with Crippen molar-refractivity contribution in [2.45, 2.75) is 37.2 Å². The second-order valence-corrected chi connectivity index (χ2v) is 8.59. The first-order valence-corrected chi connectivity index (χ1v) is 11.2. The van der Waals surface area contributed by atoms with Crippen molar-refractivity contribution in [3.05, 3.63) is 64.1 Å². The molecule has 0 amide bonds. The Kier molecular flexibility index (Phi) is 8.44. The van der Waals surface area contributed by atoms with Crippen LogP contribution >= 0.6 is 11.8 Å². The van der Waals surface area contributed by atoms with Crippen molar-refractivity contribution in [2.75, 3.05) is 26.4 Å². The lowest BCUT2D eigenvalue weighted by Crippen LogP contribution is -2.26. The number of hydrogen-bond acceptors (Lipinski definition) is 8. The van der Waals surface area contributed by atoms with E-state index >= 15 is 0 Å². The van der Waals surface area contributed by atoms with Gasteiger partial charge in [0.05, 0.1) is 18.8 Å². The number of aliphatic hydroxyl groups is 1. The maximum Gasteiger partial charge on any atom is 0.339 e. The maximum atomic E-state index is 12.7. The highest BCUT2D eigenvalue weighted by Gasteiger charge is 2.32. The van der Waals surface area contributed by atoms with E-state index in [4.69, 9.17) is 14.2 Å². The number of ketones is 1. The zero-order valence-electron chi connectivity index (χ0n) is 17.9. The Morgan fingerprint density at radius 3 is 2.75 bits per heavy atom. The van der Waals surface area contributed by atoms with E-state index in [0.29, 0.717) is 34.5 Å². The van der Waals surface area contributed by atoms with E-state index in [0.717, 1.165) is 10.5 Å². The molecule has 0 bridgehead atoms. The molecule has 1 unspecified atom stereocenters. The molecule has 1 aliphatic carbocycles. The summed E-state index contributed by atoms with van der Waals surface area (Å²) in [5.74, 6) is -1.00. The van der Waals surface area contributed by atoms with E-state index in [9.17, 15) is 19.5 Å². The molecule has 0 spiro atoms. The number of esters is 2. The highest BCUT2D eigenvalue weighted by molar-refractivity contribution is 8.03. The third-order valence-electron chi connectivity index (χ3n) is 4.85. The number of allylic oxidation sites excluding steroid dienone is 2. The second-order valence-electron chi connectivity index (χ2n) is 7.54. The predicted molar refractivity (Wildman–Crippen MR) is 119 cm³/mol. The lowest BCUT2D eigenvalue weighted by atomic mass is 9.92. The third-order valence-corrected chi connectivity index (χ3v) is 6.14. The molecule has 32 heavy (non-hydrogen) atoms. The van der Waals surface area contributed by atoms with E-state index in [-0.39, 0.29) is 38.6 Å². The van der Waals surface area contributed by atoms with Crippen molar-refractivity contribution in [1.29, 1.82) is 0 Å². The number of thioether (sulfide) groups is 1. The first-order chi connectivity index (χ1) is 15.4. The van der Waals surface area contributed by atoms with Gasteiger partial charge in [-0.1, -0.05) is 42.6 Å². The molecule has 1 aromatic carbocycles. The summed E-state index contributed by atoms with van der Waals surface area (Å²) in [6.07, 6.45) is 1.74. The van der Waals surface area contributed by atoms with Gasteiger partial charge in [0.25, 0.3) is 0 Å². The monoisotopic (exact) mass is 458 g/mol. The molecular weight excluding hydrogens is 432 g/mol. The van der Waals surface area contributed by atoms with Gasteiger partial charge in [-0.2, -0.15) is 0 Å². The minimum absolute atomic E-state index is 0.0147. The minimum Gasteiger partial charge on any atom is -0.462 e. The summed E-state index contributed by atoms with van der Waals surface area (Å²) in [7, 11) is 0. The summed E-state index contributed by atoms with van der Waals surface area (Å²) in [6, 6.07) is 7.80. The van der Waals surface area contributed by atoms with Gasteiger partial charge in [-0.05, 0) is 18.6 Å². The number of benzene rings is 1. The van der Waals surface area contributed by atoms with Crippen molar-refractivity contribution in [3.63, 3.8) is 0 Å². The quantitative estimate of drug-likeness (QED) is 0.325. The zero-order valence-corrected chi connectivity index (χ0v) is 18.7. The van der Waals surface area contributed by atoms with Gasteiger partial charge in [0.1, 0.15) is 12.7 Å². The van der Waals surface area contributed by atoms with Gasteiger partial charge < -0.3 is 19.3 Å². The van der Waals surface area contributed by atoms with Crippen molar-refractivity contribution >= 4 is 29.5 Å². The number of carbonyl (C=O) groups is 3. The van der Waals surface area contributed by atoms with Gasteiger partial charge in [-0.15, -0.1) is 0 Å². The SMILES string of the molecule is C=C(C)C(=O)OCCCOCC(O)COC(=O)C1=CCC(=O)C2=C1Sc1ccccc1C2. The molecule has 3 rings (SSSR count). The van der Waals surface area contributed by atoms with Crippen molar-refractivity contribution < 1.29 is 33.7 Å². The highest BCUT2D eigenvalue weighted by atomic mass is 32.2. The van der Waals surface area contributed by atoms with Crippen LogP contribution in [-0.2, 0) is 35.0 Å². The number of hydrogen-bond donors (Lipinski definition) is 1. The summed E-state index contributed by atoms with van der Waals surface area (Å²) in [5, 5.41) is 10.0. The second kappa shape index (κ2) is 11.3. The van der Waals surface area contributed by atoms with Crippen molar-refractivity contribution in [3.8, 4) is 0 Å². The average molecular weight is 459 g/mol. The molecular formula is C24H26O7S. The predicted octanol–water partition coefficient (Wildman–Crippen LogP) is 2.92. The number of carbonyl (C=O) groups excluding carboxylic acids is 3. The van der Waals surface area contributed by atoms with Gasteiger partial charge in [0.2, 0.25) is 0 Å². The minimum atomic E-state index is -0.990. The molecule has 170 valence electrons. The van der Waals surface area contributed by atoms with Crippen molar-refractivity contribution in [2.24, 2.45) is 0 Å². The van der Waals surface area contributed by atoms with E-state index in [2.05, 4.69) is 6.58 Å². The van der Waals surface area contributed by atoms with Crippen LogP contribution in [0.3, 0.4) is 0 Å². The Balaban J connectivity index is 1.44. The molecule has 1 aliphatic heterocycles. The number of Topliss-reactive ketones (excluding diaryl/α,β-unsaturated/α-hetero) is 1. The highest BCUT2D eigenvalue weighted by Crippen LogP contribution is 2.44. The molecule has 0 fully saturated rings. The van der Waals surface area contributed by atoms with Crippen LogP contribution in [0.5, 0.6) is 0 Å². The smallest absolute Gasteiger partial charge is 0.339 e. The van der Waals surface area contributed by atoms with E-state index in [1.54, 1.807) is 13.0 Å². The Morgan fingerprint density at radius 2 is 1.97 bits per heavy atom. The van der Waals surface area contributed by atoms with Gasteiger partial charge in [-0.25, -0.2) is 9.59 Å². The van der Waals surface area contributed by atoms with Gasteiger partial charge >= 0.3 is 11.9 Å². The standard InChI is InChI=1S/C24H26O7S/c1-15(2)23(27)30-11-5-10-29-13-17(25)14-31-24(28)18-8-9-20(26)19-12-16-6-3-4-7-21(16)32-22(18)19/h3-4,6-8,17,25H,1,5,9-14H2,2H3. The summed E-state index contributed by atoms with van der Waals surface area (Å²) in [6.45, 7) is 5.30. The first-order valence-electron chi connectivity index (χ1n) is 10.3. The lowest BCUT2D eigenvalue weighted by Gasteiger charge is -2.25. The third kappa shape index (κ3) is 6.18. The van der Waals surface area contributed by atoms with Crippen LogP contribution in [0.25, 0.3) is 0 Å². The normalized spacial score (nSPS) is 15.9. The van der Waals surface area contributed by atoms with E-state index < -0.39 is 18.0 Å². The number of ether oxygens (including phenoxy) is 3. The van der Waals surface area contributed by atoms with E-state index in [1.165, 1.54) is 11.8 Å². The van der Waals surface area contributed by atoms with Crippen LogP contribution in [0.2, 0.25) is 0 Å². The Morgan fingerprint density at radius 1 is 1.19 bits per heavy atom. The molecule has 0 saturated heterocycles. The van der Waals surface area contributed by atoms with E-state index in [1.807, 2.05) is 24.3 Å². The topological polar surface area (TPSA) is 99.1 Å². The summed E-state index contributed by atoms with van der Waals surface area (Å²) < 4.78 is 15.5. The van der Waals surface area contributed by atoms with Crippen LogP contribution in [0.4, 0.5) is 0 Å². The van der Waals surface area contributed by atoms with Gasteiger partial charge in [-0.3, -0.25) is 4.79 Å². The van der Waals surface area contributed by atoms with Crippen molar-refractivity contribution in [1.82, 2.24) is 0 Å². The van der Waals surface area contributed by atoms with Gasteiger partial charge in [0.15, 0.2) is 5.78 Å². The molecule has 7 nitrogen and oxygen atoms in total. The van der Waals surface area contributed by atoms with Crippen LogP contribution in [-0.4, -0.2) is 55.4 Å². The first kappa shape index (κ1) is 24.0. The number of fused-ring (bicyclic) bond motifs is 1. The van der Waals surface area contributed by atoms with Crippen LogP contribution in [0, 0.1) is 0 Å². The number of aliphatic hydroxyl groups excluding tert-OH is 1. The molecule has 1 heterocycles. The summed E-state index contributed by atoms with van der Waals surface area (Å²) in [5.41, 5.74) is 2.41. The summed E-state index contributed by atoms with van der Waals surface area (Å²) in [4.78, 5) is 37.9. The Hall–Kier alpha value is -2.68. The largest absolute Gasteiger partial charge is 0.462 e. The van der Waals surface area contributed by atoms with Crippen LogP contribution in [0.15, 0.2) is 63.4 Å². The Labute approximate surface area is 191 Å². The molecule has 1 atom stereocenters. The molecule has 1 aromatic rings.